The number of halogens is 1. The molecule has 7 heteroatoms. The molecule has 29 heavy (non-hydrogen) atoms. The molecule has 0 bridgehead atoms. The maximum atomic E-state index is 11.8. The fourth-order valence-electron chi connectivity index (χ4n) is 3.13. The average molecular weight is 513 g/mol. The van der Waals surface area contributed by atoms with E-state index in [1.807, 2.05) is 19.9 Å². The Kier molecular flexibility index (Phi) is 12.6. The van der Waals surface area contributed by atoms with Gasteiger partial charge < -0.3 is 15.5 Å². The molecule has 0 spiro atoms. The van der Waals surface area contributed by atoms with E-state index in [0.717, 1.165) is 45.2 Å². The van der Waals surface area contributed by atoms with Gasteiger partial charge >= 0.3 is 0 Å². The fraction of sp³-hybridized carbons (Fsp3) is 0.545. The van der Waals surface area contributed by atoms with Crippen LogP contribution in [0.3, 0.4) is 0 Å². The maximum absolute atomic E-state index is 11.8. The molecular weight excluding hydrogens is 477 g/mol. The van der Waals surface area contributed by atoms with Gasteiger partial charge in [-0.05, 0) is 26.3 Å². The number of piperazine rings is 1. The van der Waals surface area contributed by atoms with E-state index in [4.69, 9.17) is 0 Å². The summed E-state index contributed by atoms with van der Waals surface area (Å²) < 4.78 is 0. The van der Waals surface area contributed by atoms with Gasteiger partial charge in [0.25, 0.3) is 0 Å². The third-order valence-corrected chi connectivity index (χ3v) is 4.53. The first kappa shape index (κ1) is 25.4. The van der Waals surface area contributed by atoms with E-state index in [1.165, 1.54) is 5.56 Å². The topological polar surface area (TPSA) is 60.0 Å². The van der Waals surface area contributed by atoms with Crippen LogP contribution in [0.15, 0.2) is 41.4 Å². The van der Waals surface area contributed by atoms with Crippen LogP contribution in [0.2, 0.25) is 0 Å². The maximum Gasteiger partial charge on any atom is 0.222 e. The summed E-state index contributed by atoms with van der Waals surface area (Å²) in [5.74, 6) is 0.976. The van der Waals surface area contributed by atoms with E-state index in [0.29, 0.717) is 13.0 Å². The highest BCUT2D eigenvalue weighted by molar-refractivity contribution is 14.0. The molecule has 1 fully saturated rings. The first-order valence-corrected chi connectivity index (χ1v) is 10.3. The Morgan fingerprint density at radius 1 is 1.17 bits per heavy atom. The first-order valence-electron chi connectivity index (χ1n) is 10.3. The Bertz CT molecular complexity index is 640. The van der Waals surface area contributed by atoms with E-state index < -0.39 is 0 Å². The zero-order chi connectivity index (χ0) is 20.2. The Hall–Kier alpha value is -1.61. The number of hydrogen-bond acceptors (Lipinski definition) is 3. The lowest BCUT2D eigenvalue weighted by Gasteiger charge is -2.36. The number of nitrogens with one attached hydrogen (secondary N) is 2. The number of aliphatic imine (C=N–C) groups is 1. The van der Waals surface area contributed by atoms with Gasteiger partial charge in [0.2, 0.25) is 5.91 Å². The predicted molar refractivity (Wildman–Crippen MR) is 133 cm³/mol. The molecule has 1 aliphatic heterocycles. The molecule has 2 N–H and O–H groups in total. The highest BCUT2D eigenvalue weighted by atomic mass is 127. The largest absolute Gasteiger partial charge is 0.357 e. The molecule has 0 aliphatic carbocycles. The van der Waals surface area contributed by atoms with Crippen molar-refractivity contribution in [1.82, 2.24) is 20.4 Å². The van der Waals surface area contributed by atoms with Crippen LogP contribution in [0, 0.1) is 0 Å². The Morgan fingerprint density at radius 3 is 2.48 bits per heavy atom. The number of rotatable bonds is 8. The summed E-state index contributed by atoms with van der Waals surface area (Å²) in [5.41, 5.74) is 1.24. The predicted octanol–water partition coefficient (Wildman–Crippen LogP) is 2.82. The standard InChI is InChI=1S/C22H35N5O.HI/c1-4-23-22(24-13-12-21(28)25-19(2)3)27-17-15-26(16-18-27)14-8-11-20-9-6-5-7-10-20;/h5-11,19H,4,12-18H2,1-3H3,(H,23,24)(H,25,28);1H/b11-8+;. The van der Waals surface area contributed by atoms with E-state index in [2.05, 4.69) is 68.8 Å². The average Bonchev–Trinajstić information content (AvgIpc) is 2.68. The van der Waals surface area contributed by atoms with Crippen molar-refractivity contribution in [2.75, 3.05) is 45.8 Å². The summed E-state index contributed by atoms with van der Waals surface area (Å²) in [7, 11) is 0. The third kappa shape index (κ3) is 10.1. The summed E-state index contributed by atoms with van der Waals surface area (Å²) in [6, 6.07) is 10.6. The molecule has 1 amide bonds. The van der Waals surface area contributed by atoms with Gasteiger partial charge in [0.05, 0.1) is 6.54 Å². The summed E-state index contributed by atoms with van der Waals surface area (Å²) in [6.45, 7) is 12.2. The van der Waals surface area contributed by atoms with Crippen molar-refractivity contribution in [3.63, 3.8) is 0 Å². The Morgan fingerprint density at radius 2 is 1.86 bits per heavy atom. The molecule has 0 aromatic heterocycles. The van der Waals surface area contributed by atoms with Crippen LogP contribution in [0.4, 0.5) is 0 Å². The first-order chi connectivity index (χ1) is 13.6. The summed E-state index contributed by atoms with van der Waals surface area (Å²) in [4.78, 5) is 21.2. The lowest BCUT2D eigenvalue weighted by atomic mass is 10.2. The van der Waals surface area contributed by atoms with Crippen molar-refractivity contribution < 1.29 is 4.79 Å². The molecule has 1 saturated heterocycles. The number of guanidine groups is 1. The minimum atomic E-state index is 0. The zero-order valence-corrected chi connectivity index (χ0v) is 20.3. The molecule has 0 saturated carbocycles. The van der Waals surface area contributed by atoms with Crippen LogP contribution < -0.4 is 10.6 Å². The number of benzene rings is 1. The summed E-state index contributed by atoms with van der Waals surface area (Å²) in [6.07, 6.45) is 4.84. The van der Waals surface area contributed by atoms with Crippen LogP contribution in [-0.2, 0) is 4.79 Å². The van der Waals surface area contributed by atoms with Gasteiger partial charge in [-0.1, -0.05) is 42.5 Å². The van der Waals surface area contributed by atoms with Crippen LogP contribution in [0.1, 0.15) is 32.8 Å². The lowest BCUT2D eigenvalue weighted by Crippen LogP contribution is -2.52. The smallest absolute Gasteiger partial charge is 0.222 e. The number of carbonyl (C=O) groups is 1. The van der Waals surface area contributed by atoms with Gasteiger partial charge in [0.1, 0.15) is 0 Å². The van der Waals surface area contributed by atoms with Gasteiger partial charge in [0, 0.05) is 51.7 Å². The molecule has 0 unspecified atom stereocenters. The summed E-state index contributed by atoms with van der Waals surface area (Å²) >= 11 is 0. The second kappa shape index (κ2) is 14.4. The number of nitrogens with zero attached hydrogens (tertiary/aromatic N) is 3. The number of carbonyl (C=O) groups excluding carboxylic acids is 1. The molecule has 2 rings (SSSR count). The normalized spacial score (nSPS) is 15.4. The fourth-order valence-corrected chi connectivity index (χ4v) is 3.13. The van der Waals surface area contributed by atoms with E-state index in [1.54, 1.807) is 0 Å². The van der Waals surface area contributed by atoms with E-state index in [-0.39, 0.29) is 35.9 Å². The van der Waals surface area contributed by atoms with Gasteiger partial charge in [-0.15, -0.1) is 24.0 Å². The highest BCUT2D eigenvalue weighted by Gasteiger charge is 2.18. The third-order valence-electron chi connectivity index (χ3n) is 4.53. The Balaban J connectivity index is 0.00000420. The van der Waals surface area contributed by atoms with Crippen LogP contribution in [-0.4, -0.2) is 73.5 Å². The lowest BCUT2D eigenvalue weighted by molar-refractivity contribution is -0.121. The van der Waals surface area contributed by atoms with Crippen molar-refractivity contribution in [3.05, 3.63) is 42.0 Å². The monoisotopic (exact) mass is 513 g/mol. The molecule has 0 radical (unpaired) electrons. The van der Waals surface area contributed by atoms with Gasteiger partial charge in [-0.2, -0.15) is 0 Å². The van der Waals surface area contributed by atoms with Crippen LogP contribution >= 0.6 is 24.0 Å². The van der Waals surface area contributed by atoms with Crippen molar-refractivity contribution in [3.8, 4) is 0 Å². The second-order valence-corrected chi connectivity index (χ2v) is 7.31. The second-order valence-electron chi connectivity index (χ2n) is 7.31. The quantitative estimate of drug-likeness (QED) is 0.319. The van der Waals surface area contributed by atoms with Crippen molar-refractivity contribution >= 4 is 41.9 Å². The SMILES string of the molecule is CCNC(=NCCC(=O)NC(C)C)N1CCN(C/C=C/c2ccccc2)CC1.I. The van der Waals surface area contributed by atoms with Crippen LogP contribution in [0.5, 0.6) is 0 Å². The molecular formula is C22H36IN5O. The van der Waals surface area contributed by atoms with E-state index in [9.17, 15) is 4.79 Å². The Labute approximate surface area is 192 Å². The molecule has 162 valence electrons. The van der Waals surface area contributed by atoms with E-state index >= 15 is 0 Å². The van der Waals surface area contributed by atoms with Crippen molar-refractivity contribution in [1.29, 1.82) is 0 Å². The number of hydrogen-bond donors (Lipinski definition) is 2. The minimum absolute atomic E-state index is 0. The molecule has 1 heterocycles. The summed E-state index contributed by atoms with van der Waals surface area (Å²) in [5, 5.41) is 6.27. The highest BCUT2D eigenvalue weighted by Crippen LogP contribution is 2.05. The zero-order valence-electron chi connectivity index (χ0n) is 17.9. The molecule has 1 aromatic carbocycles. The van der Waals surface area contributed by atoms with Gasteiger partial charge in [0.15, 0.2) is 5.96 Å². The van der Waals surface area contributed by atoms with Crippen molar-refractivity contribution in [2.45, 2.75) is 33.2 Å². The molecule has 6 nitrogen and oxygen atoms in total. The van der Waals surface area contributed by atoms with Crippen molar-refractivity contribution in [2.24, 2.45) is 4.99 Å². The van der Waals surface area contributed by atoms with Gasteiger partial charge in [-0.25, -0.2) is 0 Å². The minimum Gasteiger partial charge on any atom is -0.357 e. The van der Waals surface area contributed by atoms with Gasteiger partial charge in [-0.3, -0.25) is 14.7 Å². The molecule has 1 aromatic rings. The molecule has 0 atom stereocenters. The number of amides is 1. The van der Waals surface area contributed by atoms with Crippen LogP contribution in [0.25, 0.3) is 6.08 Å². The molecule has 1 aliphatic rings.